The van der Waals surface area contributed by atoms with Crippen molar-refractivity contribution in [2.45, 2.75) is 0 Å². The van der Waals surface area contributed by atoms with Crippen molar-refractivity contribution < 1.29 is 19.4 Å². The summed E-state index contributed by atoms with van der Waals surface area (Å²) in [6.07, 6.45) is 1.35. The van der Waals surface area contributed by atoms with Gasteiger partial charge in [-0.3, -0.25) is 4.79 Å². The topological polar surface area (TPSA) is 78.5 Å². The van der Waals surface area contributed by atoms with Crippen LogP contribution in [0.2, 0.25) is 0 Å². The number of methoxy groups -OCH3 is 1. The molecule has 0 heterocycles. The lowest BCUT2D eigenvalue weighted by Gasteiger charge is -2.12. The number of ether oxygens (including phenoxy) is 1. The van der Waals surface area contributed by atoms with Crippen molar-refractivity contribution in [1.29, 1.82) is 0 Å². The molecule has 0 aromatic heterocycles. The largest absolute Gasteiger partial charge is 0.543 e. The van der Waals surface area contributed by atoms with E-state index in [1.807, 2.05) is 30.3 Å². The zero-order chi connectivity index (χ0) is 18.5. The van der Waals surface area contributed by atoms with Crippen LogP contribution in [0.5, 0.6) is 5.75 Å². The molecule has 1 N–H and O–H groups in total. The van der Waals surface area contributed by atoms with Crippen molar-refractivity contribution in [3.63, 3.8) is 0 Å². The van der Waals surface area contributed by atoms with Gasteiger partial charge in [0.25, 0.3) is 5.91 Å². The molecule has 0 fully saturated rings. The fourth-order valence-electron chi connectivity index (χ4n) is 2.63. The van der Waals surface area contributed by atoms with Gasteiger partial charge in [-0.1, -0.05) is 48.5 Å². The molecule has 3 aromatic carbocycles. The molecule has 3 aromatic rings. The van der Waals surface area contributed by atoms with E-state index in [1.165, 1.54) is 6.08 Å². The number of carboxylic acid groups (broad SMARTS) is 1. The Labute approximate surface area is 150 Å². The first-order valence-corrected chi connectivity index (χ1v) is 7.94. The standard InChI is InChI=1S/C21H17NO4/c1-26-16-11-9-14(10-12-16)13-19(21(24)25)22-20(23)18-8-4-6-15-5-2-3-7-17(15)18/h2-13H,1H3,(H,22,23)(H,24,25)/p-1/b19-13+. The lowest BCUT2D eigenvalue weighted by molar-refractivity contribution is -0.299. The fraction of sp³-hybridized carbons (Fsp3) is 0.0476. The normalized spacial score (nSPS) is 11.2. The highest BCUT2D eigenvalue weighted by atomic mass is 16.5. The van der Waals surface area contributed by atoms with E-state index in [4.69, 9.17) is 4.74 Å². The average Bonchev–Trinajstić information content (AvgIpc) is 2.67. The van der Waals surface area contributed by atoms with Crippen LogP contribution in [0.1, 0.15) is 15.9 Å². The highest BCUT2D eigenvalue weighted by Gasteiger charge is 2.12. The third-order valence-corrected chi connectivity index (χ3v) is 3.93. The van der Waals surface area contributed by atoms with Crippen LogP contribution in [0.3, 0.4) is 0 Å². The molecule has 0 saturated carbocycles. The zero-order valence-corrected chi connectivity index (χ0v) is 14.1. The minimum absolute atomic E-state index is 0.312. The van der Waals surface area contributed by atoms with Crippen molar-refractivity contribution >= 4 is 28.7 Å². The van der Waals surface area contributed by atoms with Gasteiger partial charge in [0.15, 0.2) is 0 Å². The van der Waals surface area contributed by atoms with Crippen LogP contribution < -0.4 is 15.2 Å². The Morgan fingerprint density at radius 2 is 1.65 bits per heavy atom. The molecule has 0 saturated heterocycles. The van der Waals surface area contributed by atoms with Gasteiger partial charge in [0.05, 0.1) is 18.8 Å². The number of amides is 1. The van der Waals surface area contributed by atoms with Crippen LogP contribution in [0.4, 0.5) is 0 Å². The smallest absolute Gasteiger partial charge is 0.256 e. The maximum atomic E-state index is 12.6. The van der Waals surface area contributed by atoms with Crippen molar-refractivity contribution in [3.05, 3.63) is 83.6 Å². The second-order valence-electron chi connectivity index (χ2n) is 5.60. The lowest BCUT2D eigenvalue weighted by atomic mass is 10.0. The first kappa shape index (κ1) is 17.2. The molecule has 0 unspecified atom stereocenters. The lowest BCUT2D eigenvalue weighted by Crippen LogP contribution is -2.35. The van der Waals surface area contributed by atoms with Gasteiger partial charge in [-0.15, -0.1) is 0 Å². The SMILES string of the molecule is COc1ccc(/C=C(/NC(=O)c2cccc3ccccc23)C(=O)[O-])cc1. The summed E-state index contributed by atoms with van der Waals surface area (Å²) in [6.45, 7) is 0. The Kier molecular flexibility index (Phi) is 4.99. The molecule has 0 atom stereocenters. The molecular formula is C21H16NO4-. The summed E-state index contributed by atoms with van der Waals surface area (Å²) in [5.41, 5.74) is 0.682. The van der Waals surface area contributed by atoms with E-state index in [0.717, 1.165) is 10.8 Å². The summed E-state index contributed by atoms with van der Waals surface area (Å²) in [5, 5.41) is 15.5. The number of aliphatic carboxylic acids is 1. The second kappa shape index (κ2) is 7.53. The first-order valence-electron chi connectivity index (χ1n) is 7.94. The summed E-state index contributed by atoms with van der Waals surface area (Å²) in [4.78, 5) is 24.0. The Bertz CT molecular complexity index is 985. The zero-order valence-electron chi connectivity index (χ0n) is 14.1. The van der Waals surface area contributed by atoms with Gasteiger partial charge in [0.1, 0.15) is 5.75 Å². The summed E-state index contributed by atoms with van der Waals surface area (Å²) in [6, 6.07) is 19.5. The number of rotatable bonds is 5. The second-order valence-corrected chi connectivity index (χ2v) is 5.60. The number of carbonyl (C=O) groups excluding carboxylic acids is 2. The average molecular weight is 346 g/mol. The molecule has 5 heteroatoms. The number of nitrogens with one attached hydrogen (secondary N) is 1. The molecule has 0 bridgehead atoms. The van der Waals surface area contributed by atoms with Crippen LogP contribution in [-0.2, 0) is 4.79 Å². The van der Waals surface area contributed by atoms with Gasteiger partial charge in [0, 0.05) is 5.56 Å². The molecule has 1 amide bonds. The van der Waals surface area contributed by atoms with Gasteiger partial charge in [-0.05, 0) is 40.6 Å². The van der Waals surface area contributed by atoms with Gasteiger partial charge in [0.2, 0.25) is 0 Å². The van der Waals surface area contributed by atoms with E-state index >= 15 is 0 Å². The molecule has 0 aliphatic rings. The predicted octanol–water partition coefficient (Wildman–Crippen LogP) is 2.37. The highest BCUT2D eigenvalue weighted by molar-refractivity contribution is 6.10. The first-order chi connectivity index (χ1) is 12.6. The number of hydrogen-bond acceptors (Lipinski definition) is 4. The third kappa shape index (κ3) is 3.72. The van der Waals surface area contributed by atoms with Crippen molar-refractivity contribution in [2.75, 3.05) is 7.11 Å². The van der Waals surface area contributed by atoms with E-state index in [0.29, 0.717) is 16.9 Å². The summed E-state index contributed by atoms with van der Waals surface area (Å²) in [5.74, 6) is -1.32. The van der Waals surface area contributed by atoms with Crippen LogP contribution in [-0.4, -0.2) is 19.0 Å². The maximum absolute atomic E-state index is 12.6. The monoisotopic (exact) mass is 346 g/mol. The van der Waals surface area contributed by atoms with Crippen molar-refractivity contribution in [2.24, 2.45) is 0 Å². The van der Waals surface area contributed by atoms with Crippen LogP contribution >= 0.6 is 0 Å². The van der Waals surface area contributed by atoms with E-state index in [1.54, 1.807) is 43.5 Å². The summed E-state index contributed by atoms with van der Waals surface area (Å²) in [7, 11) is 1.54. The highest BCUT2D eigenvalue weighted by Crippen LogP contribution is 2.19. The van der Waals surface area contributed by atoms with Crippen molar-refractivity contribution in [1.82, 2.24) is 5.32 Å². The van der Waals surface area contributed by atoms with Gasteiger partial charge in [-0.2, -0.15) is 0 Å². The van der Waals surface area contributed by atoms with Crippen LogP contribution in [0.25, 0.3) is 16.8 Å². The summed E-state index contributed by atoms with van der Waals surface area (Å²) < 4.78 is 5.07. The number of fused-ring (bicyclic) bond motifs is 1. The number of hydrogen-bond donors (Lipinski definition) is 1. The number of benzene rings is 3. The Balaban J connectivity index is 1.90. The van der Waals surface area contributed by atoms with Gasteiger partial charge >= 0.3 is 0 Å². The molecule has 3 rings (SSSR count). The molecule has 5 nitrogen and oxygen atoms in total. The van der Waals surface area contributed by atoms with E-state index in [-0.39, 0.29) is 5.70 Å². The Hall–Kier alpha value is -3.60. The van der Waals surface area contributed by atoms with E-state index in [9.17, 15) is 14.7 Å². The third-order valence-electron chi connectivity index (χ3n) is 3.93. The molecule has 0 aliphatic heterocycles. The number of carbonyl (C=O) groups is 2. The molecule has 0 spiro atoms. The predicted molar refractivity (Wildman–Crippen MR) is 97.4 cm³/mol. The fourth-order valence-corrected chi connectivity index (χ4v) is 2.63. The maximum Gasteiger partial charge on any atom is 0.256 e. The number of carboxylic acids is 1. The summed E-state index contributed by atoms with van der Waals surface area (Å²) >= 11 is 0. The molecule has 0 aliphatic carbocycles. The van der Waals surface area contributed by atoms with Crippen molar-refractivity contribution in [3.8, 4) is 5.75 Å². The van der Waals surface area contributed by atoms with Crippen LogP contribution in [0, 0.1) is 0 Å². The van der Waals surface area contributed by atoms with Crippen LogP contribution in [0.15, 0.2) is 72.4 Å². The molecular weight excluding hydrogens is 330 g/mol. The molecule has 26 heavy (non-hydrogen) atoms. The quantitative estimate of drug-likeness (QED) is 0.720. The van der Waals surface area contributed by atoms with Gasteiger partial charge in [-0.25, -0.2) is 0 Å². The van der Waals surface area contributed by atoms with E-state index < -0.39 is 11.9 Å². The van der Waals surface area contributed by atoms with Gasteiger partial charge < -0.3 is 20.0 Å². The minimum Gasteiger partial charge on any atom is -0.543 e. The Morgan fingerprint density at radius 3 is 2.35 bits per heavy atom. The molecule has 0 radical (unpaired) electrons. The minimum atomic E-state index is -1.46. The molecule has 130 valence electrons. The van der Waals surface area contributed by atoms with E-state index in [2.05, 4.69) is 5.32 Å². The Morgan fingerprint density at radius 1 is 0.962 bits per heavy atom.